The maximum absolute atomic E-state index is 12.0. The summed E-state index contributed by atoms with van der Waals surface area (Å²) in [5, 5.41) is 0. The van der Waals surface area contributed by atoms with Crippen molar-refractivity contribution in [1.29, 1.82) is 0 Å². The van der Waals surface area contributed by atoms with E-state index >= 15 is 0 Å². The maximum Gasteiger partial charge on any atom is 1.00 e. The fourth-order valence-corrected chi connectivity index (χ4v) is 4.37. The van der Waals surface area contributed by atoms with Crippen LogP contribution in [0.1, 0.15) is 26.7 Å². The molecule has 0 bridgehead atoms. The van der Waals surface area contributed by atoms with E-state index in [4.69, 9.17) is 29.1 Å². The average molecular weight is 416 g/mol. The topological polar surface area (TPSA) is 121 Å². The summed E-state index contributed by atoms with van der Waals surface area (Å²) in [6.07, 6.45) is 1.80. The van der Waals surface area contributed by atoms with Crippen LogP contribution in [0.5, 0.6) is 0 Å². The molecule has 0 unspecified atom stereocenters. The first-order valence-electron chi connectivity index (χ1n) is 6.21. The van der Waals surface area contributed by atoms with E-state index in [1.54, 1.807) is 6.07 Å². The second-order valence-electron chi connectivity index (χ2n) is 4.31. The van der Waals surface area contributed by atoms with E-state index in [9.17, 15) is 8.42 Å². The molecule has 0 aliphatic heterocycles. The number of hydrogen-bond acceptors (Lipinski definition) is 5. The zero-order valence-corrected chi connectivity index (χ0v) is 18.3. The summed E-state index contributed by atoms with van der Waals surface area (Å²) >= 11 is 6.78. The second-order valence-corrected chi connectivity index (χ2v) is 8.86. The average Bonchev–Trinajstić information content (AvgIpc) is 2.75. The Kier molecular flexibility index (Phi) is 12.9. The summed E-state index contributed by atoms with van der Waals surface area (Å²) in [4.78, 5) is 0. The Hall–Kier alpha value is 0.770. The van der Waals surface area contributed by atoms with Crippen molar-refractivity contribution in [2.24, 2.45) is 5.92 Å². The molecule has 3 N–H and O–H groups in total. The predicted molar refractivity (Wildman–Crippen MR) is 87.0 cm³/mol. The van der Waals surface area contributed by atoms with E-state index in [1.165, 1.54) is 6.07 Å². The summed E-state index contributed by atoms with van der Waals surface area (Å²) in [7, 11) is -8.15. The van der Waals surface area contributed by atoms with Gasteiger partial charge in [0.2, 0.25) is 10.0 Å². The molecule has 1 heterocycles. The molecule has 1 atom stereocenters. The Balaban J connectivity index is 0. The van der Waals surface area contributed by atoms with Gasteiger partial charge in [0.25, 0.3) is 0 Å². The predicted octanol–water partition coefficient (Wildman–Crippen LogP) is -0.330. The van der Waals surface area contributed by atoms with Crippen molar-refractivity contribution >= 4 is 43.4 Å². The van der Waals surface area contributed by atoms with Gasteiger partial charge in [-0.25, -0.2) is 13.1 Å². The molecule has 0 spiro atoms. The quantitative estimate of drug-likeness (QED) is 0.332. The third-order valence-electron chi connectivity index (χ3n) is 2.74. The van der Waals surface area contributed by atoms with Crippen LogP contribution in [0.15, 0.2) is 16.3 Å². The van der Waals surface area contributed by atoms with Crippen LogP contribution in [0.4, 0.5) is 0 Å². The van der Waals surface area contributed by atoms with Crippen molar-refractivity contribution in [2.75, 3.05) is 0 Å². The molecule has 1 aromatic rings. The molecule has 0 aromatic carbocycles. The molecule has 0 saturated carbocycles. The largest absolute Gasteiger partial charge is 1.00 e. The van der Waals surface area contributed by atoms with Crippen LogP contribution < -0.4 is 34.3 Å². The van der Waals surface area contributed by atoms with Crippen LogP contribution >= 0.6 is 22.9 Å². The summed E-state index contributed by atoms with van der Waals surface area (Å²) in [5.41, 5.74) is 0. The number of nitrogens with one attached hydrogen (secondary N) is 1. The minimum Gasteiger partial charge on any atom is -0.325 e. The zero-order valence-electron chi connectivity index (χ0n) is 13.1. The minimum absolute atomic E-state index is 0. The van der Waals surface area contributed by atoms with Gasteiger partial charge in [0.05, 0.1) is 4.34 Å². The van der Waals surface area contributed by atoms with Gasteiger partial charge in [0, 0.05) is 0 Å². The van der Waals surface area contributed by atoms with Crippen LogP contribution in [-0.2, 0) is 20.4 Å². The smallest absolute Gasteiger partial charge is 0.325 e. The summed E-state index contributed by atoms with van der Waals surface area (Å²) in [6.45, 7) is 7.94. The summed E-state index contributed by atoms with van der Waals surface area (Å²) in [6, 6.07) is 2.78. The van der Waals surface area contributed by atoms with E-state index in [0.717, 1.165) is 24.2 Å². The van der Waals surface area contributed by atoms with Gasteiger partial charge >= 0.3 is 40.0 Å². The van der Waals surface area contributed by atoms with Gasteiger partial charge in [-0.1, -0.05) is 44.2 Å². The number of hydrogen-bond donors (Lipinski definition) is 3. The standard InChI is InChI=1S/C11H17ClNO2S2.Na.H2O4S/c1-4-9(5-2)8(3)13-17(14,15)11-7-6-10(12)16-11;;1-5(2,3)4/h6-9,13H,3-5H2,1-2H3;;(H2,1,2,3,4)/q-1;+1;/t8-;;/m1../s1. The van der Waals surface area contributed by atoms with Gasteiger partial charge in [-0.15, -0.1) is 17.4 Å². The number of thiophene rings is 1. The second kappa shape index (κ2) is 11.4. The number of rotatable bonds is 6. The first-order chi connectivity index (χ1) is 9.90. The SMILES string of the molecule is O=S(=O)(O)O.[CH2-][C@@H](NS(=O)(=O)c1ccc(Cl)s1)C(CC)CC.[Na+]. The van der Waals surface area contributed by atoms with Crippen LogP contribution in [0.25, 0.3) is 0 Å². The zero-order chi connectivity index (χ0) is 17.6. The first-order valence-corrected chi connectivity index (χ1v) is 10.3. The molecule has 1 rings (SSSR count). The van der Waals surface area contributed by atoms with E-state index in [0.29, 0.717) is 4.34 Å². The van der Waals surface area contributed by atoms with Crippen molar-refractivity contribution in [3.05, 3.63) is 23.4 Å². The van der Waals surface area contributed by atoms with Gasteiger partial charge < -0.3 is 6.92 Å². The molecule has 0 fully saturated rings. The first kappa shape index (κ1) is 26.0. The Labute approximate surface area is 168 Å². The molecule has 130 valence electrons. The Morgan fingerprint density at radius 3 is 1.96 bits per heavy atom. The van der Waals surface area contributed by atoms with Crippen LogP contribution in [0, 0.1) is 12.8 Å². The third kappa shape index (κ3) is 11.9. The monoisotopic (exact) mass is 415 g/mol. The molecular formula is C11H19ClNNaO6S3. The molecule has 1 aromatic heterocycles. The molecular weight excluding hydrogens is 397 g/mol. The summed E-state index contributed by atoms with van der Waals surface area (Å²) < 4.78 is 58.9. The number of halogens is 1. The van der Waals surface area contributed by atoms with Gasteiger partial charge in [0.15, 0.2) is 0 Å². The van der Waals surface area contributed by atoms with E-state index in [1.807, 2.05) is 13.8 Å². The third-order valence-corrected chi connectivity index (χ3v) is 5.95. The van der Waals surface area contributed by atoms with Gasteiger partial charge in [-0.2, -0.15) is 8.42 Å². The molecule has 23 heavy (non-hydrogen) atoms. The fraction of sp³-hybridized carbons (Fsp3) is 0.545. The van der Waals surface area contributed by atoms with Crippen LogP contribution in [0.2, 0.25) is 4.34 Å². The molecule has 12 heteroatoms. The molecule has 0 aliphatic carbocycles. The van der Waals surface area contributed by atoms with E-state index in [-0.39, 0.29) is 45.7 Å². The van der Waals surface area contributed by atoms with Crippen molar-refractivity contribution < 1.29 is 55.5 Å². The van der Waals surface area contributed by atoms with Crippen LogP contribution in [-0.4, -0.2) is 32.0 Å². The van der Waals surface area contributed by atoms with E-state index < -0.39 is 20.4 Å². The molecule has 0 radical (unpaired) electrons. The van der Waals surface area contributed by atoms with Crippen molar-refractivity contribution in [1.82, 2.24) is 4.72 Å². The molecule has 0 aliphatic rings. The maximum atomic E-state index is 12.0. The van der Waals surface area contributed by atoms with Gasteiger partial charge in [0.1, 0.15) is 4.21 Å². The number of sulfonamides is 1. The van der Waals surface area contributed by atoms with E-state index in [2.05, 4.69) is 11.6 Å². The molecule has 7 nitrogen and oxygen atoms in total. The molecule has 0 saturated heterocycles. The van der Waals surface area contributed by atoms with Crippen molar-refractivity contribution in [2.45, 2.75) is 36.9 Å². The normalized spacial score (nSPS) is 13.0. The Morgan fingerprint density at radius 2 is 1.65 bits per heavy atom. The van der Waals surface area contributed by atoms with Crippen LogP contribution in [0.3, 0.4) is 0 Å². The summed E-state index contributed by atoms with van der Waals surface area (Å²) in [5.74, 6) is 0.250. The Morgan fingerprint density at radius 1 is 1.22 bits per heavy atom. The molecule has 0 amide bonds. The fourth-order valence-electron chi connectivity index (χ4n) is 1.65. The Bertz CT molecular complexity index is 649. The van der Waals surface area contributed by atoms with Gasteiger partial charge in [-0.3, -0.25) is 9.11 Å². The van der Waals surface area contributed by atoms with Gasteiger partial charge in [-0.05, 0) is 12.1 Å². The minimum atomic E-state index is -4.67. The van der Waals surface area contributed by atoms with Crippen molar-refractivity contribution in [3.63, 3.8) is 0 Å². The van der Waals surface area contributed by atoms with Crippen molar-refractivity contribution in [3.8, 4) is 0 Å².